The maximum Gasteiger partial charge on any atom is 0.174 e. The van der Waals surface area contributed by atoms with Gasteiger partial charge in [-0.2, -0.15) is 0 Å². The Kier molecular flexibility index (Phi) is 5.71. The number of ether oxygens (including phenoxy) is 1. The average Bonchev–Trinajstić information content (AvgIpc) is 2.91. The van der Waals surface area contributed by atoms with Gasteiger partial charge >= 0.3 is 0 Å². The van der Waals surface area contributed by atoms with E-state index in [-0.39, 0.29) is 6.61 Å². The van der Waals surface area contributed by atoms with Crippen molar-refractivity contribution in [1.82, 2.24) is 10.5 Å². The zero-order valence-corrected chi connectivity index (χ0v) is 12.7. The third-order valence-electron chi connectivity index (χ3n) is 2.68. The molecule has 0 radical (unpaired) electrons. The van der Waals surface area contributed by atoms with E-state index in [2.05, 4.69) is 17.4 Å². The van der Waals surface area contributed by atoms with Crippen molar-refractivity contribution >= 4 is 23.2 Å². The minimum Gasteiger partial charge on any atom is -0.484 e. The maximum atomic E-state index is 6.20. The normalized spacial score (nSPS) is 10.8. The van der Waals surface area contributed by atoms with Crippen LogP contribution in [0, 0.1) is 0 Å². The number of halogens is 2. The van der Waals surface area contributed by atoms with Crippen molar-refractivity contribution in [3.05, 3.63) is 45.8 Å². The first-order valence-corrected chi connectivity index (χ1v) is 7.17. The summed E-state index contributed by atoms with van der Waals surface area (Å²) < 4.78 is 10.7. The predicted molar refractivity (Wildman–Crippen MR) is 79.3 cm³/mol. The molecule has 2 aromatic rings. The summed E-state index contributed by atoms with van der Waals surface area (Å²) in [6.45, 7) is 3.97. The molecule has 0 fully saturated rings. The molecule has 4 nitrogen and oxygen atoms in total. The van der Waals surface area contributed by atoms with Gasteiger partial charge in [-0.05, 0) is 25.1 Å². The molecule has 0 amide bonds. The van der Waals surface area contributed by atoms with E-state index in [1.54, 1.807) is 18.3 Å². The first kappa shape index (κ1) is 15.2. The monoisotopic (exact) mass is 314 g/mol. The van der Waals surface area contributed by atoms with Gasteiger partial charge in [-0.15, -0.1) is 0 Å². The number of nitrogens with zero attached hydrogens (tertiary/aromatic N) is 1. The first-order valence-electron chi connectivity index (χ1n) is 6.41. The highest BCUT2D eigenvalue weighted by molar-refractivity contribution is 6.35. The Balaban J connectivity index is 2.11. The summed E-state index contributed by atoms with van der Waals surface area (Å²) in [6.07, 6.45) is 2.63. The summed E-state index contributed by atoms with van der Waals surface area (Å²) in [6, 6.07) is 5.27. The number of hydrogen-bond acceptors (Lipinski definition) is 4. The lowest BCUT2D eigenvalue weighted by molar-refractivity contribution is 0.247. The highest BCUT2D eigenvalue weighted by atomic mass is 35.5. The lowest BCUT2D eigenvalue weighted by Gasteiger charge is -2.13. The zero-order valence-electron chi connectivity index (χ0n) is 11.2. The van der Waals surface area contributed by atoms with Crippen LogP contribution in [0.3, 0.4) is 0 Å². The molecule has 0 aliphatic carbocycles. The maximum absolute atomic E-state index is 6.20. The fraction of sp³-hybridized carbons (Fsp3) is 0.357. The number of rotatable bonds is 7. The molecule has 0 saturated carbocycles. The van der Waals surface area contributed by atoms with E-state index >= 15 is 0 Å². The Bertz CT molecular complexity index is 544. The third-order valence-corrected chi connectivity index (χ3v) is 3.18. The van der Waals surface area contributed by atoms with Gasteiger partial charge in [-0.3, -0.25) is 0 Å². The van der Waals surface area contributed by atoms with Crippen molar-refractivity contribution in [2.24, 2.45) is 0 Å². The number of aromatic nitrogens is 1. The molecule has 1 aromatic carbocycles. The Morgan fingerprint density at radius 1 is 1.35 bits per heavy atom. The molecule has 0 saturated heterocycles. The summed E-state index contributed by atoms with van der Waals surface area (Å²) in [5, 5.41) is 8.02. The van der Waals surface area contributed by atoms with Gasteiger partial charge in [0.15, 0.2) is 5.76 Å². The van der Waals surface area contributed by atoms with Crippen molar-refractivity contribution < 1.29 is 9.26 Å². The topological polar surface area (TPSA) is 47.3 Å². The molecular weight excluding hydrogens is 299 g/mol. The molecule has 0 spiro atoms. The smallest absolute Gasteiger partial charge is 0.174 e. The van der Waals surface area contributed by atoms with Crippen LogP contribution in [0.2, 0.25) is 10.0 Å². The van der Waals surface area contributed by atoms with Crippen LogP contribution in [0.15, 0.2) is 28.9 Å². The van der Waals surface area contributed by atoms with Crippen molar-refractivity contribution in [2.75, 3.05) is 6.54 Å². The molecule has 0 atom stereocenters. The van der Waals surface area contributed by atoms with Gasteiger partial charge in [0.2, 0.25) is 0 Å². The molecular formula is C14H16Cl2N2O2. The quantitative estimate of drug-likeness (QED) is 0.783. The van der Waals surface area contributed by atoms with Crippen molar-refractivity contribution in [2.45, 2.75) is 26.5 Å². The number of benzene rings is 1. The molecule has 1 N–H and O–H groups in total. The van der Waals surface area contributed by atoms with Gasteiger partial charge in [-0.25, -0.2) is 0 Å². The highest BCUT2D eigenvalue weighted by Crippen LogP contribution is 2.33. The van der Waals surface area contributed by atoms with E-state index in [0.29, 0.717) is 28.1 Å². The largest absolute Gasteiger partial charge is 0.484 e. The molecule has 1 heterocycles. The second kappa shape index (κ2) is 7.53. The summed E-state index contributed by atoms with van der Waals surface area (Å²) in [5.41, 5.74) is 0.926. The molecule has 0 aliphatic heterocycles. The van der Waals surface area contributed by atoms with Gasteiger partial charge in [-0.1, -0.05) is 35.3 Å². The van der Waals surface area contributed by atoms with E-state index in [1.165, 1.54) is 0 Å². The fourth-order valence-corrected chi connectivity index (χ4v) is 2.36. The van der Waals surface area contributed by atoms with E-state index in [4.69, 9.17) is 32.5 Å². The van der Waals surface area contributed by atoms with Crippen molar-refractivity contribution in [3.8, 4) is 5.75 Å². The average molecular weight is 315 g/mol. The van der Waals surface area contributed by atoms with Crippen LogP contribution in [-0.4, -0.2) is 11.7 Å². The molecule has 1 aromatic heterocycles. The number of nitrogens with one attached hydrogen (secondary N) is 1. The summed E-state index contributed by atoms with van der Waals surface area (Å²) >= 11 is 12.2. The summed E-state index contributed by atoms with van der Waals surface area (Å²) in [7, 11) is 0. The summed E-state index contributed by atoms with van der Waals surface area (Å²) in [4.78, 5) is 0. The zero-order chi connectivity index (χ0) is 14.4. The lowest BCUT2D eigenvalue weighted by atomic mass is 10.2. The minimum atomic E-state index is 0.280. The van der Waals surface area contributed by atoms with Gasteiger partial charge in [0.05, 0.1) is 11.2 Å². The van der Waals surface area contributed by atoms with Crippen LogP contribution in [0.5, 0.6) is 5.75 Å². The van der Waals surface area contributed by atoms with E-state index in [1.807, 2.05) is 6.07 Å². The SMILES string of the molecule is CCCNCc1cc(Cl)cc(Cl)c1OCc1ccno1. The first-order chi connectivity index (χ1) is 9.70. The van der Waals surface area contributed by atoms with E-state index < -0.39 is 0 Å². The van der Waals surface area contributed by atoms with E-state index in [9.17, 15) is 0 Å². The van der Waals surface area contributed by atoms with Crippen LogP contribution in [0.4, 0.5) is 0 Å². The highest BCUT2D eigenvalue weighted by Gasteiger charge is 2.11. The predicted octanol–water partition coefficient (Wildman–Crippen LogP) is 4.06. The van der Waals surface area contributed by atoms with Gasteiger partial charge in [0.1, 0.15) is 12.4 Å². The van der Waals surface area contributed by atoms with E-state index in [0.717, 1.165) is 18.5 Å². The molecule has 0 bridgehead atoms. The minimum absolute atomic E-state index is 0.280. The molecule has 6 heteroatoms. The van der Waals surface area contributed by atoms with Gasteiger partial charge in [0, 0.05) is 23.2 Å². The second-order valence-electron chi connectivity index (χ2n) is 4.32. The number of hydrogen-bond donors (Lipinski definition) is 1. The second-order valence-corrected chi connectivity index (χ2v) is 5.16. The Labute approximate surface area is 128 Å². The molecule has 0 aliphatic rings. The standard InChI is InChI=1S/C14H16Cl2N2O2/c1-2-4-17-8-10-6-11(15)7-13(16)14(10)19-9-12-3-5-18-20-12/h3,5-7,17H,2,4,8-9H2,1H3. The van der Waals surface area contributed by atoms with Gasteiger partial charge in [0.25, 0.3) is 0 Å². The summed E-state index contributed by atoms with van der Waals surface area (Å²) in [5.74, 6) is 1.26. The van der Waals surface area contributed by atoms with Crippen LogP contribution < -0.4 is 10.1 Å². The van der Waals surface area contributed by atoms with Crippen LogP contribution in [0.1, 0.15) is 24.7 Å². The Morgan fingerprint density at radius 2 is 2.20 bits per heavy atom. The molecule has 108 valence electrons. The molecule has 20 heavy (non-hydrogen) atoms. The van der Waals surface area contributed by atoms with Gasteiger partial charge < -0.3 is 14.6 Å². The molecule has 2 rings (SSSR count). The fourth-order valence-electron chi connectivity index (χ4n) is 1.77. The van der Waals surface area contributed by atoms with Crippen LogP contribution in [-0.2, 0) is 13.2 Å². The van der Waals surface area contributed by atoms with Crippen LogP contribution >= 0.6 is 23.2 Å². The molecule has 0 unspecified atom stereocenters. The van der Waals surface area contributed by atoms with Crippen molar-refractivity contribution in [1.29, 1.82) is 0 Å². The van der Waals surface area contributed by atoms with Crippen LogP contribution in [0.25, 0.3) is 0 Å². The Morgan fingerprint density at radius 3 is 2.90 bits per heavy atom. The lowest BCUT2D eigenvalue weighted by Crippen LogP contribution is -2.15. The Hall–Kier alpha value is -1.23. The van der Waals surface area contributed by atoms with Crippen molar-refractivity contribution in [3.63, 3.8) is 0 Å². The third kappa shape index (κ3) is 4.13.